The highest BCUT2D eigenvalue weighted by molar-refractivity contribution is 5.79. The zero-order valence-electron chi connectivity index (χ0n) is 18.6. The Balaban J connectivity index is 1.78. The molecule has 0 aliphatic carbocycles. The summed E-state index contributed by atoms with van der Waals surface area (Å²) in [7, 11) is 0. The predicted octanol–water partition coefficient (Wildman–Crippen LogP) is 2.19. The maximum Gasteiger partial charge on any atom is 0.451 e. The fraction of sp³-hybridized carbons (Fsp3) is 0.444. The fourth-order valence-corrected chi connectivity index (χ4v) is 3.27. The minimum Gasteiger partial charge on any atom is -0.353 e. The molecular formula is C18H17F6N5O2. The Bertz CT molecular complexity index is 1100. The van der Waals surface area contributed by atoms with Gasteiger partial charge in [-0.2, -0.15) is 13.2 Å². The van der Waals surface area contributed by atoms with Crippen molar-refractivity contribution in [2.45, 2.75) is 45.0 Å². The number of fused-ring (bicyclic) bond motifs is 1. The first-order valence-corrected chi connectivity index (χ1v) is 8.88. The Morgan fingerprint density at radius 1 is 1.16 bits per heavy atom. The van der Waals surface area contributed by atoms with E-state index in [2.05, 4.69) is 15.5 Å². The van der Waals surface area contributed by atoms with Crippen LogP contribution >= 0.6 is 0 Å². The minimum absolute atomic E-state index is 0.137. The largest absolute Gasteiger partial charge is 0.451 e. The van der Waals surface area contributed by atoms with E-state index in [1.54, 1.807) is 0 Å². The first kappa shape index (κ1) is 18.6. The molecule has 1 aliphatic heterocycles. The number of aromatic nitrogens is 3. The van der Waals surface area contributed by atoms with Gasteiger partial charge < -0.3 is 14.8 Å². The van der Waals surface area contributed by atoms with Crippen molar-refractivity contribution in [3.05, 3.63) is 46.8 Å². The standard InChI is InChI=1S/C18H17F6N5O2/c1-9(30)25-11(4-10-5-13(20)14(21)7-12(10)19)6-16(31)28-2-3-29-15(8-28)26-27-17(29)18(22,23)24/h5,7,11H,2-4,6,8H2,1H3,(H,25,30)/t11-/m1/s1/i1D3. The highest BCUT2D eigenvalue weighted by Crippen LogP contribution is 2.29. The molecule has 7 nitrogen and oxygen atoms in total. The number of benzene rings is 1. The molecule has 1 aromatic heterocycles. The van der Waals surface area contributed by atoms with Crippen molar-refractivity contribution in [1.82, 2.24) is 25.0 Å². The Morgan fingerprint density at radius 2 is 1.87 bits per heavy atom. The van der Waals surface area contributed by atoms with Crippen LogP contribution < -0.4 is 5.32 Å². The van der Waals surface area contributed by atoms with Gasteiger partial charge in [-0.15, -0.1) is 10.2 Å². The number of amides is 2. The molecule has 31 heavy (non-hydrogen) atoms. The molecule has 2 aromatic rings. The molecule has 1 aromatic carbocycles. The van der Waals surface area contributed by atoms with Gasteiger partial charge in [0.2, 0.25) is 17.6 Å². The molecule has 0 radical (unpaired) electrons. The van der Waals surface area contributed by atoms with E-state index >= 15 is 0 Å². The Kier molecular flexibility index (Phi) is 5.14. The Labute approximate surface area is 176 Å². The monoisotopic (exact) mass is 452 g/mol. The van der Waals surface area contributed by atoms with E-state index < -0.39 is 72.6 Å². The third kappa shape index (κ3) is 5.14. The van der Waals surface area contributed by atoms with Crippen LogP contribution in [0.5, 0.6) is 0 Å². The van der Waals surface area contributed by atoms with Gasteiger partial charge in [0.25, 0.3) is 0 Å². The van der Waals surface area contributed by atoms with Crippen LogP contribution in [0.2, 0.25) is 0 Å². The first-order chi connectivity index (χ1) is 15.7. The quantitative estimate of drug-likeness (QED) is 0.557. The molecule has 0 saturated heterocycles. The first-order valence-electron chi connectivity index (χ1n) is 10.4. The van der Waals surface area contributed by atoms with Crippen molar-refractivity contribution in [3.63, 3.8) is 0 Å². The molecule has 0 fully saturated rings. The Morgan fingerprint density at radius 3 is 2.55 bits per heavy atom. The predicted molar refractivity (Wildman–Crippen MR) is 92.7 cm³/mol. The lowest BCUT2D eigenvalue weighted by molar-refractivity contribution is -0.148. The van der Waals surface area contributed by atoms with Gasteiger partial charge >= 0.3 is 6.18 Å². The lowest BCUT2D eigenvalue weighted by atomic mass is 10.0. The van der Waals surface area contributed by atoms with Gasteiger partial charge in [0.15, 0.2) is 17.5 Å². The van der Waals surface area contributed by atoms with Gasteiger partial charge in [0.1, 0.15) is 5.82 Å². The van der Waals surface area contributed by atoms with E-state index in [1.165, 1.54) is 0 Å². The highest BCUT2D eigenvalue weighted by atomic mass is 19.4. The lowest BCUT2D eigenvalue weighted by Crippen LogP contribution is -2.44. The van der Waals surface area contributed by atoms with Gasteiger partial charge in [0, 0.05) is 42.6 Å². The molecule has 0 spiro atoms. The highest BCUT2D eigenvalue weighted by Gasteiger charge is 2.40. The van der Waals surface area contributed by atoms with E-state index in [4.69, 9.17) is 4.11 Å². The number of nitrogens with zero attached hydrogens (tertiary/aromatic N) is 4. The molecule has 13 heteroatoms. The number of alkyl halides is 3. The van der Waals surface area contributed by atoms with E-state index in [1.807, 2.05) is 0 Å². The number of rotatable bonds is 5. The van der Waals surface area contributed by atoms with Crippen molar-refractivity contribution in [2.24, 2.45) is 0 Å². The molecule has 0 unspecified atom stereocenters. The number of nitrogens with one attached hydrogen (secondary N) is 1. The minimum atomic E-state index is -4.74. The summed E-state index contributed by atoms with van der Waals surface area (Å²) in [6.07, 6.45) is -5.89. The number of carbonyl (C=O) groups is 2. The summed E-state index contributed by atoms with van der Waals surface area (Å²) in [5.41, 5.74) is -0.421. The lowest BCUT2D eigenvalue weighted by Gasteiger charge is -2.29. The summed E-state index contributed by atoms with van der Waals surface area (Å²) >= 11 is 0. The van der Waals surface area contributed by atoms with Crippen LogP contribution in [0.25, 0.3) is 0 Å². The molecule has 3 rings (SSSR count). The van der Waals surface area contributed by atoms with E-state index in [0.717, 1.165) is 9.47 Å². The summed E-state index contributed by atoms with van der Waals surface area (Å²) in [5, 5.41) is 8.60. The number of carbonyl (C=O) groups excluding carboxylic acids is 2. The van der Waals surface area contributed by atoms with Crippen molar-refractivity contribution in [1.29, 1.82) is 0 Å². The van der Waals surface area contributed by atoms with E-state index in [-0.39, 0.29) is 31.5 Å². The molecule has 0 bridgehead atoms. The summed E-state index contributed by atoms with van der Waals surface area (Å²) in [5.74, 6) is -7.56. The second-order valence-electron chi connectivity index (χ2n) is 6.84. The Hall–Kier alpha value is -3.12. The SMILES string of the molecule is [2H]C([2H])([2H])C(=O)N[C@@H](CC(=O)N1CCn2c(nnc2C(F)(F)F)C1)Cc1cc(F)c(F)cc1F. The molecule has 168 valence electrons. The molecule has 1 N–H and O–H groups in total. The van der Waals surface area contributed by atoms with Crippen LogP contribution in [0.15, 0.2) is 12.1 Å². The molecule has 1 aliphatic rings. The average molecular weight is 452 g/mol. The fourth-order valence-electron chi connectivity index (χ4n) is 3.27. The van der Waals surface area contributed by atoms with Gasteiger partial charge in [0.05, 0.1) is 6.54 Å². The topological polar surface area (TPSA) is 80.1 Å². The maximum absolute atomic E-state index is 14.1. The molecule has 0 saturated carbocycles. The second-order valence-corrected chi connectivity index (χ2v) is 6.84. The number of halogens is 6. The third-order valence-corrected chi connectivity index (χ3v) is 4.67. The van der Waals surface area contributed by atoms with Gasteiger partial charge in [-0.25, -0.2) is 13.2 Å². The van der Waals surface area contributed by atoms with Crippen LogP contribution in [0.4, 0.5) is 26.3 Å². The zero-order valence-corrected chi connectivity index (χ0v) is 15.6. The molecule has 1 atom stereocenters. The third-order valence-electron chi connectivity index (χ3n) is 4.67. The molecule has 2 heterocycles. The smallest absolute Gasteiger partial charge is 0.353 e. The maximum atomic E-state index is 14.1. The van der Waals surface area contributed by atoms with Gasteiger partial charge in [-0.3, -0.25) is 9.59 Å². The molecular weight excluding hydrogens is 432 g/mol. The van der Waals surface area contributed by atoms with E-state index in [9.17, 15) is 35.9 Å². The van der Waals surface area contributed by atoms with Crippen molar-refractivity contribution in [3.8, 4) is 0 Å². The molecule has 2 amide bonds. The summed E-state index contributed by atoms with van der Waals surface area (Å²) in [4.78, 5) is 25.8. The normalized spacial score (nSPS) is 16.7. The zero-order chi connectivity index (χ0) is 25.4. The van der Waals surface area contributed by atoms with Crippen LogP contribution in [0, 0.1) is 17.5 Å². The number of hydrogen-bond acceptors (Lipinski definition) is 4. The van der Waals surface area contributed by atoms with Crippen LogP contribution in [0.3, 0.4) is 0 Å². The van der Waals surface area contributed by atoms with Crippen LogP contribution in [-0.2, 0) is 35.3 Å². The summed E-state index contributed by atoms with van der Waals surface area (Å²) in [6, 6.07) is -0.554. The van der Waals surface area contributed by atoms with E-state index in [0.29, 0.717) is 6.07 Å². The van der Waals surface area contributed by atoms with Crippen molar-refractivity contribution >= 4 is 11.8 Å². The summed E-state index contributed by atoms with van der Waals surface area (Å²) < 4.78 is 102. The van der Waals surface area contributed by atoms with Crippen LogP contribution in [0.1, 0.15) is 34.6 Å². The average Bonchev–Trinajstić information content (AvgIpc) is 3.14. The number of hydrogen-bond donors (Lipinski definition) is 1. The summed E-state index contributed by atoms with van der Waals surface area (Å²) in [6.45, 7) is -3.90. The van der Waals surface area contributed by atoms with Crippen molar-refractivity contribution < 1.29 is 40.0 Å². The van der Waals surface area contributed by atoms with Gasteiger partial charge in [-0.05, 0) is 18.1 Å². The second kappa shape index (κ2) is 8.55. The van der Waals surface area contributed by atoms with Crippen molar-refractivity contribution in [2.75, 3.05) is 6.54 Å². The van der Waals surface area contributed by atoms with Crippen LogP contribution in [-0.4, -0.2) is 44.1 Å². The van der Waals surface area contributed by atoms with Gasteiger partial charge in [-0.1, -0.05) is 0 Å².